The van der Waals surface area contributed by atoms with Gasteiger partial charge in [-0.05, 0) is 18.4 Å². The van der Waals surface area contributed by atoms with Crippen LogP contribution >= 0.6 is 0 Å². The number of nitrogens with two attached hydrogens (primary N) is 1. The molecule has 0 amide bonds. The maximum Gasteiger partial charge on any atom is 0.163 e. The van der Waals surface area contributed by atoms with Gasteiger partial charge in [-0.1, -0.05) is 25.0 Å². The minimum atomic E-state index is -0.811. The molecule has 1 atom stereocenters. The van der Waals surface area contributed by atoms with Gasteiger partial charge in [-0.3, -0.25) is 0 Å². The molecule has 0 aliphatic heterocycles. The highest BCUT2D eigenvalue weighted by Gasteiger charge is 2.26. The SMILES string of the molecule is N[C@@H](CC1CC1)c1cccc(F)c1F. The number of benzene rings is 1. The van der Waals surface area contributed by atoms with Crippen molar-refractivity contribution in [3.63, 3.8) is 0 Å². The van der Waals surface area contributed by atoms with Gasteiger partial charge in [0.05, 0.1) is 0 Å². The van der Waals surface area contributed by atoms with E-state index in [1.165, 1.54) is 18.9 Å². The zero-order valence-corrected chi connectivity index (χ0v) is 7.84. The molecule has 0 aromatic heterocycles. The molecule has 0 heterocycles. The number of hydrogen-bond acceptors (Lipinski definition) is 1. The van der Waals surface area contributed by atoms with E-state index in [0.29, 0.717) is 11.5 Å². The first-order valence-corrected chi connectivity index (χ1v) is 4.88. The molecule has 1 saturated carbocycles. The van der Waals surface area contributed by atoms with Crippen LogP contribution < -0.4 is 5.73 Å². The summed E-state index contributed by atoms with van der Waals surface area (Å²) in [4.78, 5) is 0. The lowest BCUT2D eigenvalue weighted by Gasteiger charge is -2.12. The molecule has 1 aliphatic rings. The third-order valence-electron chi connectivity index (χ3n) is 2.67. The molecule has 2 rings (SSSR count). The average Bonchev–Trinajstić information content (AvgIpc) is 2.93. The molecule has 76 valence electrons. The van der Waals surface area contributed by atoms with Crippen molar-refractivity contribution in [2.45, 2.75) is 25.3 Å². The van der Waals surface area contributed by atoms with Gasteiger partial charge in [-0.15, -0.1) is 0 Å². The Balaban J connectivity index is 2.16. The number of rotatable bonds is 3. The van der Waals surface area contributed by atoms with Crippen molar-refractivity contribution in [2.24, 2.45) is 11.7 Å². The van der Waals surface area contributed by atoms with E-state index in [2.05, 4.69) is 0 Å². The van der Waals surface area contributed by atoms with Gasteiger partial charge in [0.15, 0.2) is 11.6 Å². The predicted molar refractivity (Wildman–Crippen MR) is 50.6 cm³/mol. The van der Waals surface area contributed by atoms with Crippen LogP contribution in [-0.4, -0.2) is 0 Å². The molecule has 1 aromatic rings. The van der Waals surface area contributed by atoms with Crippen LogP contribution in [0.25, 0.3) is 0 Å². The quantitative estimate of drug-likeness (QED) is 0.792. The van der Waals surface area contributed by atoms with Crippen LogP contribution in [0, 0.1) is 17.6 Å². The van der Waals surface area contributed by atoms with Gasteiger partial charge in [0.1, 0.15) is 0 Å². The summed E-state index contributed by atoms with van der Waals surface area (Å²) in [5, 5.41) is 0. The second-order valence-corrected chi connectivity index (χ2v) is 3.93. The van der Waals surface area contributed by atoms with Crippen molar-refractivity contribution in [3.05, 3.63) is 35.4 Å². The summed E-state index contributed by atoms with van der Waals surface area (Å²) < 4.78 is 26.1. The Morgan fingerprint density at radius 1 is 1.36 bits per heavy atom. The maximum atomic E-state index is 13.3. The summed E-state index contributed by atoms with van der Waals surface area (Å²) in [6.07, 6.45) is 3.11. The first kappa shape index (κ1) is 9.59. The highest BCUT2D eigenvalue weighted by molar-refractivity contribution is 5.22. The van der Waals surface area contributed by atoms with Gasteiger partial charge in [0.2, 0.25) is 0 Å². The standard InChI is InChI=1S/C11H13F2N/c12-9-3-1-2-8(11(9)13)10(14)6-7-4-5-7/h1-3,7,10H,4-6,14H2/t10-/m0/s1. The van der Waals surface area contributed by atoms with Crippen LogP contribution in [0.4, 0.5) is 8.78 Å². The molecule has 0 saturated heterocycles. The fourth-order valence-corrected chi connectivity index (χ4v) is 1.65. The molecule has 0 bridgehead atoms. The fraction of sp³-hybridized carbons (Fsp3) is 0.455. The summed E-state index contributed by atoms with van der Waals surface area (Å²) in [7, 11) is 0. The zero-order chi connectivity index (χ0) is 10.1. The van der Waals surface area contributed by atoms with Crippen molar-refractivity contribution < 1.29 is 8.78 Å². The van der Waals surface area contributed by atoms with Crippen LogP contribution in [0.5, 0.6) is 0 Å². The monoisotopic (exact) mass is 197 g/mol. The van der Waals surface area contributed by atoms with Crippen LogP contribution in [0.15, 0.2) is 18.2 Å². The highest BCUT2D eigenvalue weighted by atomic mass is 19.2. The lowest BCUT2D eigenvalue weighted by molar-refractivity contribution is 0.478. The van der Waals surface area contributed by atoms with Crippen molar-refractivity contribution in [1.82, 2.24) is 0 Å². The van der Waals surface area contributed by atoms with Crippen LogP contribution in [0.3, 0.4) is 0 Å². The molecule has 0 spiro atoms. The van der Waals surface area contributed by atoms with E-state index in [9.17, 15) is 8.78 Å². The van der Waals surface area contributed by atoms with Gasteiger partial charge >= 0.3 is 0 Å². The molecule has 14 heavy (non-hydrogen) atoms. The van der Waals surface area contributed by atoms with E-state index in [4.69, 9.17) is 5.73 Å². The maximum absolute atomic E-state index is 13.3. The molecular weight excluding hydrogens is 184 g/mol. The first-order chi connectivity index (χ1) is 6.68. The van der Waals surface area contributed by atoms with E-state index in [1.54, 1.807) is 6.07 Å². The summed E-state index contributed by atoms with van der Waals surface area (Å²) >= 11 is 0. The number of halogens is 2. The Morgan fingerprint density at radius 3 is 2.71 bits per heavy atom. The molecular formula is C11H13F2N. The largest absolute Gasteiger partial charge is 0.324 e. The van der Waals surface area contributed by atoms with E-state index >= 15 is 0 Å². The van der Waals surface area contributed by atoms with Crippen molar-refractivity contribution in [2.75, 3.05) is 0 Å². The average molecular weight is 197 g/mol. The summed E-state index contributed by atoms with van der Waals surface area (Å²) in [5.74, 6) is -0.984. The van der Waals surface area contributed by atoms with Gasteiger partial charge < -0.3 is 5.73 Å². The predicted octanol–water partition coefficient (Wildman–Crippen LogP) is 2.76. The lowest BCUT2D eigenvalue weighted by Crippen LogP contribution is -2.13. The van der Waals surface area contributed by atoms with Crippen molar-refractivity contribution in [1.29, 1.82) is 0 Å². The Hall–Kier alpha value is -0.960. The minimum Gasteiger partial charge on any atom is -0.324 e. The van der Waals surface area contributed by atoms with Crippen LogP contribution in [0.1, 0.15) is 30.9 Å². The molecule has 1 aliphatic carbocycles. The molecule has 1 nitrogen and oxygen atoms in total. The molecule has 1 aromatic carbocycles. The Bertz CT molecular complexity index is 334. The smallest absolute Gasteiger partial charge is 0.163 e. The topological polar surface area (TPSA) is 26.0 Å². The van der Waals surface area contributed by atoms with Crippen LogP contribution in [-0.2, 0) is 0 Å². The first-order valence-electron chi connectivity index (χ1n) is 4.88. The van der Waals surface area contributed by atoms with Gasteiger partial charge in [-0.2, -0.15) is 0 Å². The second-order valence-electron chi connectivity index (χ2n) is 3.93. The molecule has 3 heteroatoms. The molecule has 2 N–H and O–H groups in total. The van der Waals surface area contributed by atoms with Gasteiger partial charge in [0.25, 0.3) is 0 Å². The Labute approximate surface area is 81.9 Å². The Morgan fingerprint density at radius 2 is 2.07 bits per heavy atom. The van der Waals surface area contributed by atoms with E-state index in [0.717, 1.165) is 12.5 Å². The summed E-state index contributed by atoms with van der Waals surface area (Å²) in [6, 6.07) is 3.81. The van der Waals surface area contributed by atoms with Gasteiger partial charge in [-0.25, -0.2) is 8.78 Å². The minimum absolute atomic E-state index is 0.303. The molecule has 0 unspecified atom stereocenters. The molecule has 0 radical (unpaired) electrons. The molecule has 1 fully saturated rings. The van der Waals surface area contributed by atoms with Crippen molar-refractivity contribution >= 4 is 0 Å². The highest BCUT2D eigenvalue weighted by Crippen LogP contribution is 2.37. The summed E-state index contributed by atoms with van der Waals surface area (Å²) in [5.41, 5.74) is 6.10. The lowest BCUT2D eigenvalue weighted by atomic mass is 10.0. The normalized spacial score (nSPS) is 18.2. The second kappa shape index (κ2) is 3.65. The van der Waals surface area contributed by atoms with E-state index in [1.807, 2.05) is 0 Å². The number of hydrogen-bond donors (Lipinski definition) is 1. The van der Waals surface area contributed by atoms with Crippen LogP contribution in [0.2, 0.25) is 0 Å². The fourth-order valence-electron chi connectivity index (χ4n) is 1.65. The van der Waals surface area contributed by atoms with Crippen molar-refractivity contribution in [3.8, 4) is 0 Å². The van der Waals surface area contributed by atoms with E-state index < -0.39 is 11.6 Å². The summed E-state index contributed by atoms with van der Waals surface area (Å²) in [6.45, 7) is 0. The van der Waals surface area contributed by atoms with E-state index in [-0.39, 0.29) is 6.04 Å². The van der Waals surface area contributed by atoms with Gasteiger partial charge in [0, 0.05) is 11.6 Å². The Kier molecular flexibility index (Phi) is 2.50. The zero-order valence-electron chi connectivity index (χ0n) is 7.84. The third kappa shape index (κ3) is 1.93. The third-order valence-corrected chi connectivity index (χ3v) is 2.67.